The molecule has 0 fully saturated rings. The third-order valence-electron chi connectivity index (χ3n) is 15.0. The highest BCUT2D eigenvalue weighted by molar-refractivity contribution is 6.30. The fourth-order valence-corrected chi connectivity index (χ4v) is 11.5. The zero-order valence-corrected chi connectivity index (χ0v) is 40.1. The number of fused-ring (bicyclic) bond motifs is 14. The molecule has 0 spiro atoms. The first-order valence-corrected chi connectivity index (χ1v) is 25.2. The van der Waals surface area contributed by atoms with Gasteiger partial charge in [-0.3, -0.25) is 0 Å². The van der Waals surface area contributed by atoms with Crippen molar-refractivity contribution in [2.45, 2.75) is 0 Å². The molecule has 0 saturated carbocycles. The Morgan fingerprint density at radius 3 is 0.946 bits per heavy atom. The second kappa shape index (κ2) is 16.9. The molecule has 13 aromatic carbocycles. The van der Waals surface area contributed by atoms with Crippen molar-refractivity contribution in [1.29, 1.82) is 0 Å². The van der Waals surface area contributed by atoms with Gasteiger partial charge in [-0.05, 0) is 138 Å². The molecule has 0 amide bonds. The lowest BCUT2D eigenvalue weighted by Gasteiger charge is -2.27. The first kappa shape index (κ1) is 41.8. The summed E-state index contributed by atoms with van der Waals surface area (Å²) in [6, 6.07) is 95.6. The second-order valence-electron chi connectivity index (χ2n) is 19.2. The van der Waals surface area contributed by atoms with E-state index in [0.29, 0.717) is 0 Å². The van der Waals surface area contributed by atoms with Crippen molar-refractivity contribution in [1.82, 2.24) is 0 Å². The van der Waals surface area contributed by atoms with Crippen LogP contribution in [0.4, 0.5) is 34.1 Å². The minimum absolute atomic E-state index is 0.851. The van der Waals surface area contributed by atoms with Crippen LogP contribution in [0.2, 0.25) is 0 Å². The SMILES string of the molecule is c1ccc(-c2ccc(N(c3ccc(-c4ccc(N(c5ccccc5)c5cc6ccccc6c6c5oc5ccc7ccccc7c56)cc4)cc3)c3cc4ccccc4c4c3oc3ccc5ccccc5c34)cc2)cc1. The van der Waals surface area contributed by atoms with Crippen LogP contribution in [0.1, 0.15) is 0 Å². The molecule has 4 heteroatoms. The van der Waals surface area contributed by atoms with Crippen molar-refractivity contribution in [3.05, 3.63) is 267 Å². The Kier molecular flexibility index (Phi) is 9.54. The van der Waals surface area contributed by atoms with E-state index in [1.165, 1.54) is 37.9 Å². The molecule has 0 aliphatic rings. The highest BCUT2D eigenvalue weighted by Gasteiger charge is 2.25. The Labute approximate surface area is 426 Å². The van der Waals surface area contributed by atoms with Gasteiger partial charge in [-0.15, -0.1) is 0 Å². The standard InChI is InChI=1S/C70H44N2O2/c1-3-15-45(16-4-1)46-27-35-55(36-28-46)72(62-44-52-20-10-14-26-60(52)68-66-58-24-12-8-18-50(58)34-42-64(66)74-70(62)68)56-39-31-48(32-40-56)47-29-37-54(38-30-47)71(53-21-5-2-6-22-53)61-43-51-19-9-13-25-59(51)67-65-57-23-11-7-17-49(57)33-41-63(65)73-69(61)67/h1-44H. The van der Waals surface area contributed by atoms with Gasteiger partial charge in [0.2, 0.25) is 0 Å². The smallest absolute Gasteiger partial charge is 0.160 e. The average Bonchev–Trinajstić information content (AvgIpc) is 4.08. The van der Waals surface area contributed by atoms with Crippen LogP contribution < -0.4 is 9.80 Å². The van der Waals surface area contributed by atoms with Gasteiger partial charge in [0.1, 0.15) is 11.2 Å². The minimum Gasteiger partial charge on any atom is -0.454 e. The molecule has 0 N–H and O–H groups in total. The second-order valence-corrected chi connectivity index (χ2v) is 19.2. The van der Waals surface area contributed by atoms with Gasteiger partial charge in [-0.1, -0.05) is 194 Å². The molecule has 0 aliphatic heterocycles. The van der Waals surface area contributed by atoms with Crippen molar-refractivity contribution in [2.75, 3.05) is 9.80 Å². The third-order valence-corrected chi connectivity index (χ3v) is 15.0. The number of nitrogens with zero attached hydrogens (tertiary/aromatic N) is 2. The fourth-order valence-electron chi connectivity index (χ4n) is 11.5. The number of anilines is 6. The van der Waals surface area contributed by atoms with Crippen LogP contribution in [-0.2, 0) is 0 Å². The molecule has 15 aromatic rings. The first-order valence-electron chi connectivity index (χ1n) is 25.2. The largest absolute Gasteiger partial charge is 0.454 e. The molecule has 0 aliphatic carbocycles. The summed E-state index contributed by atoms with van der Waals surface area (Å²) in [7, 11) is 0. The molecule has 15 rings (SSSR count). The van der Waals surface area contributed by atoms with Crippen LogP contribution in [0.3, 0.4) is 0 Å². The Bertz CT molecular complexity index is 4630. The summed E-state index contributed by atoms with van der Waals surface area (Å²) in [6.45, 7) is 0. The maximum absolute atomic E-state index is 7.03. The summed E-state index contributed by atoms with van der Waals surface area (Å²) in [5.74, 6) is 0. The summed E-state index contributed by atoms with van der Waals surface area (Å²) in [6.07, 6.45) is 0. The van der Waals surface area contributed by atoms with E-state index in [-0.39, 0.29) is 0 Å². The summed E-state index contributed by atoms with van der Waals surface area (Å²) >= 11 is 0. The van der Waals surface area contributed by atoms with Gasteiger partial charge in [0, 0.05) is 44.3 Å². The number of para-hydroxylation sites is 1. The fraction of sp³-hybridized carbons (Fsp3) is 0. The molecule has 2 aromatic heterocycles. The quantitative estimate of drug-likeness (QED) is 0.152. The predicted molar refractivity (Wildman–Crippen MR) is 311 cm³/mol. The minimum atomic E-state index is 0.851. The molecule has 2 heterocycles. The van der Waals surface area contributed by atoms with Crippen molar-refractivity contribution in [3.8, 4) is 22.3 Å². The zero-order valence-electron chi connectivity index (χ0n) is 40.1. The van der Waals surface area contributed by atoms with E-state index in [1.807, 2.05) is 0 Å². The summed E-state index contributed by atoms with van der Waals surface area (Å²) in [5.41, 5.74) is 14.1. The van der Waals surface area contributed by atoms with E-state index >= 15 is 0 Å². The molecule has 0 atom stereocenters. The maximum atomic E-state index is 7.03. The summed E-state index contributed by atoms with van der Waals surface area (Å²) < 4.78 is 14.0. The van der Waals surface area contributed by atoms with Gasteiger partial charge in [0.25, 0.3) is 0 Å². The average molecular weight is 945 g/mol. The molecular weight excluding hydrogens is 901 g/mol. The Hall–Kier alpha value is -9.90. The lowest BCUT2D eigenvalue weighted by molar-refractivity contribution is 0.669. The molecule has 74 heavy (non-hydrogen) atoms. The molecule has 4 nitrogen and oxygen atoms in total. The van der Waals surface area contributed by atoms with Gasteiger partial charge in [-0.2, -0.15) is 0 Å². The van der Waals surface area contributed by atoms with Crippen molar-refractivity contribution >= 4 is 121 Å². The Balaban J connectivity index is 0.863. The molecule has 346 valence electrons. The van der Waals surface area contributed by atoms with Gasteiger partial charge < -0.3 is 18.6 Å². The molecule has 0 unspecified atom stereocenters. The van der Waals surface area contributed by atoms with Crippen molar-refractivity contribution < 1.29 is 8.83 Å². The number of hydrogen-bond acceptors (Lipinski definition) is 4. The normalized spacial score (nSPS) is 11.8. The summed E-state index contributed by atoms with van der Waals surface area (Å²) in [5, 5.41) is 13.9. The number of furan rings is 2. The van der Waals surface area contributed by atoms with Gasteiger partial charge in [-0.25, -0.2) is 0 Å². The highest BCUT2D eigenvalue weighted by Crippen LogP contribution is 2.49. The molecule has 0 radical (unpaired) electrons. The van der Waals surface area contributed by atoms with E-state index < -0.39 is 0 Å². The number of rotatable bonds is 8. The van der Waals surface area contributed by atoms with E-state index in [1.54, 1.807) is 0 Å². The van der Waals surface area contributed by atoms with Gasteiger partial charge in [0.05, 0.1) is 11.4 Å². The Morgan fingerprint density at radius 1 is 0.230 bits per heavy atom. The molecule has 0 saturated heterocycles. The Morgan fingerprint density at radius 2 is 0.541 bits per heavy atom. The zero-order chi connectivity index (χ0) is 48.7. The van der Waals surface area contributed by atoms with E-state index in [9.17, 15) is 0 Å². The maximum Gasteiger partial charge on any atom is 0.160 e. The topological polar surface area (TPSA) is 32.8 Å². The van der Waals surface area contributed by atoms with Crippen molar-refractivity contribution in [2.24, 2.45) is 0 Å². The molecule has 0 bridgehead atoms. The monoisotopic (exact) mass is 944 g/mol. The molecular formula is C70H44N2O2. The predicted octanol–water partition coefficient (Wildman–Crippen LogP) is 20.4. The third kappa shape index (κ3) is 6.69. The van der Waals surface area contributed by atoms with Crippen LogP contribution in [-0.4, -0.2) is 0 Å². The van der Waals surface area contributed by atoms with Crippen molar-refractivity contribution in [3.63, 3.8) is 0 Å². The van der Waals surface area contributed by atoms with Crippen LogP contribution in [0, 0.1) is 0 Å². The van der Waals surface area contributed by atoms with E-state index in [4.69, 9.17) is 8.83 Å². The van der Waals surface area contributed by atoms with E-state index in [2.05, 4.69) is 277 Å². The first-order chi connectivity index (χ1) is 36.7. The van der Waals surface area contributed by atoms with E-state index in [0.717, 1.165) is 105 Å². The summed E-state index contributed by atoms with van der Waals surface area (Å²) in [4.78, 5) is 4.68. The van der Waals surface area contributed by atoms with Gasteiger partial charge in [0.15, 0.2) is 11.2 Å². The number of hydrogen-bond donors (Lipinski definition) is 0. The van der Waals surface area contributed by atoms with Crippen LogP contribution in [0.15, 0.2) is 276 Å². The van der Waals surface area contributed by atoms with Crippen LogP contribution >= 0.6 is 0 Å². The lowest BCUT2D eigenvalue weighted by Crippen LogP contribution is -2.10. The lowest BCUT2D eigenvalue weighted by atomic mass is 9.98. The van der Waals surface area contributed by atoms with Gasteiger partial charge >= 0.3 is 0 Å². The van der Waals surface area contributed by atoms with Crippen LogP contribution in [0.5, 0.6) is 0 Å². The number of benzene rings is 13. The van der Waals surface area contributed by atoms with Crippen LogP contribution in [0.25, 0.3) is 109 Å². The highest BCUT2D eigenvalue weighted by atomic mass is 16.3.